The van der Waals surface area contributed by atoms with Crippen molar-refractivity contribution in [2.75, 3.05) is 21.3 Å². The van der Waals surface area contributed by atoms with Crippen LogP contribution in [-0.4, -0.2) is 43.3 Å². The van der Waals surface area contributed by atoms with Crippen molar-refractivity contribution in [3.05, 3.63) is 52.3 Å². The number of ether oxygens (including phenoxy) is 3. The standard InChI is InChI=1S/C19H17NO7S/c1-24-12-4-6-14(25-2)11(8-12)9-16-17(21)20(19(23)28-16)10-13-5-7-15(27-13)18(22)26-3/h4-9H,10H2,1-3H3. The number of rotatable bonds is 6. The van der Waals surface area contributed by atoms with Crippen LogP contribution in [-0.2, 0) is 16.1 Å². The number of benzene rings is 1. The maximum absolute atomic E-state index is 12.7. The lowest BCUT2D eigenvalue weighted by atomic mass is 10.1. The molecule has 2 heterocycles. The predicted molar refractivity (Wildman–Crippen MR) is 101 cm³/mol. The van der Waals surface area contributed by atoms with E-state index in [1.54, 1.807) is 24.3 Å². The molecular formula is C19H17NO7S. The quantitative estimate of drug-likeness (QED) is 0.535. The predicted octanol–water partition coefficient (Wildman–Crippen LogP) is 3.32. The van der Waals surface area contributed by atoms with E-state index in [-0.39, 0.29) is 17.2 Å². The first-order valence-corrected chi connectivity index (χ1v) is 8.93. The van der Waals surface area contributed by atoms with Crippen LogP contribution in [0.5, 0.6) is 11.5 Å². The number of hydrogen-bond acceptors (Lipinski definition) is 8. The molecule has 3 rings (SSSR count). The zero-order valence-corrected chi connectivity index (χ0v) is 16.2. The number of thioether (sulfide) groups is 1. The molecule has 9 heteroatoms. The van der Waals surface area contributed by atoms with E-state index in [2.05, 4.69) is 4.74 Å². The zero-order chi connectivity index (χ0) is 20.3. The molecule has 0 radical (unpaired) electrons. The third-order valence-electron chi connectivity index (χ3n) is 3.96. The van der Waals surface area contributed by atoms with Gasteiger partial charge in [0.1, 0.15) is 17.3 Å². The molecule has 0 spiro atoms. The van der Waals surface area contributed by atoms with Crippen LogP contribution in [0.4, 0.5) is 4.79 Å². The van der Waals surface area contributed by atoms with Crippen molar-refractivity contribution >= 4 is 35.0 Å². The second-order valence-corrected chi connectivity index (χ2v) is 6.63. The molecule has 0 unspecified atom stereocenters. The first kappa shape index (κ1) is 19.6. The molecule has 0 atom stereocenters. The molecule has 1 saturated heterocycles. The highest BCUT2D eigenvalue weighted by molar-refractivity contribution is 8.18. The second-order valence-electron chi connectivity index (χ2n) is 5.63. The minimum Gasteiger partial charge on any atom is -0.497 e. The molecule has 2 amide bonds. The Kier molecular flexibility index (Phi) is 5.74. The summed E-state index contributed by atoms with van der Waals surface area (Å²) in [5.74, 6) is 0.337. The molecule has 28 heavy (non-hydrogen) atoms. The van der Waals surface area contributed by atoms with Crippen molar-refractivity contribution in [1.82, 2.24) is 4.90 Å². The van der Waals surface area contributed by atoms with Crippen LogP contribution >= 0.6 is 11.8 Å². The zero-order valence-electron chi connectivity index (χ0n) is 15.4. The SMILES string of the molecule is COC(=O)c1ccc(CN2C(=O)SC(=Cc3cc(OC)ccc3OC)C2=O)o1. The van der Waals surface area contributed by atoms with E-state index < -0.39 is 17.1 Å². The summed E-state index contributed by atoms with van der Waals surface area (Å²) in [6.07, 6.45) is 1.58. The molecule has 1 aromatic carbocycles. The lowest BCUT2D eigenvalue weighted by molar-refractivity contribution is -0.123. The minimum absolute atomic E-state index is 0.00105. The van der Waals surface area contributed by atoms with Gasteiger partial charge >= 0.3 is 5.97 Å². The second kappa shape index (κ2) is 8.22. The van der Waals surface area contributed by atoms with E-state index in [0.717, 1.165) is 16.7 Å². The average molecular weight is 403 g/mol. The molecule has 1 fully saturated rings. The summed E-state index contributed by atoms with van der Waals surface area (Å²) in [6.45, 7) is -0.0890. The first-order chi connectivity index (χ1) is 13.5. The van der Waals surface area contributed by atoms with Crippen LogP contribution in [0.25, 0.3) is 6.08 Å². The molecule has 1 aromatic heterocycles. The van der Waals surface area contributed by atoms with E-state index >= 15 is 0 Å². The number of amides is 2. The number of imide groups is 1. The number of esters is 1. The van der Waals surface area contributed by atoms with Crippen molar-refractivity contribution in [2.45, 2.75) is 6.54 Å². The fourth-order valence-electron chi connectivity index (χ4n) is 2.56. The maximum atomic E-state index is 12.7. The number of carbonyl (C=O) groups is 3. The monoisotopic (exact) mass is 403 g/mol. The molecule has 0 saturated carbocycles. The Hall–Kier alpha value is -3.20. The minimum atomic E-state index is -0.634. The summed E-state index contributed by atoms with van der Waals surface area (Å²) in [5, 5.41) is -0.436. The van der Waals surface area contributed by atoms with E-state index in [1.807, 2.05) is 0 Å². The van der Waals surface area contributed by atoms with E-state index in [4.69, 9.17) is 13.9 Å². The highest BCUT2D eigenvalue weighted by atomic mass is 32.2. The van der Waals surface area contributed by atoms with Crippen molar-refractivity contribution in [3.8, 4) is 11.5 Å². The third-order valence-corrected chi connectivity index (χ3v) is 4.87. The summed E-state index contributed by atoms with van der Waals surface area (Å²) < 4.78 is 20.4. The smallest absolute Gasteiger partial charge is 0.373 e. The fourth-order valence-corrected chi connectivity index (χ4v) is 3.39. The number of carbonyl (C=O) groups excluding carboxylic acids is 3. The van der Waals surface area contributed by atoms with Gasteiger partial charge in [-0.05, 0) is 48.2 Å². The summed E-state index contributed by atoms with van der Waals surface area (Å²) in [6, 6.07) is 8.10. The molecule has 2 aromatic rings. The normalized spacial score (nSPS) is 15.2. The molecular weight excluding hydrogens is 386 g/mol. The van der Waals surface area contributed by atoms with Gasteiger partial charge in [0.05, 0.1) is 32.8 Å². The van der Waals surface area contributed by atoms with Gasteiger partial charge in [-0.2, -0.15) is 0 Å². The first-order valence-electron chi connectivity index (χ1n) is 8.11. The molecule has 1 aliphatic heterocycles. The molecule has 0 aliphatic carbocycles. The van der Waals surface area contributed by atoms with Crippen molar-refractivity contribution in [2.24, 2.45) is 0 Å². The van der Waals surface area contributed by atoms with Crippen molar-refractivity contribution < 1.29 is 33.0 Å². The van der Waals surface area contributed by atoms with Crippen LogP contribution in [0.2, 0.25) is 0 Å². The van der Waals surface area contributed by atoms with E-state index in [1.165, 1.54) is 33.5 Å². The maximum Gasteiger partial charge on any atom is 0.373 e. The summed E-state index contributed by atoms with van der Waals surface area (Å²) in [7, 11) is 4.28. The summed E-state index contributed by atoms with van der Waals surface area (Å²) in [4.78, 5) is 37.7. The lowest BCUT2D eigenvalue weighted by Gasteiger charge is -2.10. The Balaban J connectivity index is 1.83. The highest BCUT2D eigenvalue weighted by Gasteiger charge is 2.36. The number of methoxy groups -OCH3 is 3. The Bertz CT molecular complexity index is 963. The van der Waals surface area contributed by atoms with Gasteiger partial charge in [0.25, 0.3) is 11.1 Å². The largest absolute Gasteiger partial charge is 0.497 e. The van der Waals surface area contributed by atoms with Gasteiger partial charge in [-0.3, -0.25) is 14.5 Å². The number of nitrogens with zero attached hydrogens (tertiary/aromatic N) is 1. The third kappa shape index (κ3) is 3.89. The van der Waals surface area contributed by atoms with Crippen molar-refractivity contribution in [3.63, 3.8) is 0 Å². The molecule has 1 aliphatic rings. The van der Waals surface area contributed by atoms with Crippen LogP contribution in [0.15, 0.2) is 39.7 Å². The summed E-state index contributed by atoms with van der Waals surface area (Å²) in [5.41, 5.74) is 0.610. The molecule has 146 valence electrons. The molecule has 0 N–H and O–H groups in total. The van der Waals surface area contributed by atoms with Gasteiger partial charge < -0.3 is 18.6 Å². The topological polar surface area (TPSA) is 95.3 Å². The van der Waals surface area contributed by atoms with Gasteiger partial charge in [0.15, 0.2) is 0 Å². The van der Waals surface area contributed by atoms with Gasteiger partial charge in [-0.25, -0.2) is 4.79 Å². The number of hydrogen-bond donors (Lipinski definition) is 0. The van der Waals surface area contributed by atoms with Gasteiger partial charge in [-0.1, -0.05) is 0 Å². The Labute approximate surface area is 165 Å². The Morgan fingerprint density at radius 1 is 1.14 bits per heavy atom. The van der Waals surface area contributed by atoms with Gasteiger partial charge in [0.2, 0.25) is 5.76 Å². The van der Waals surface area contributed by atoms with Gasteiger partial charge in [-0.15, -0.1) is 0 Å². The number of furan rings is 1. The van der Waals surface area contributed by atoms with Crippen LogP contribution in [0.3, 0.4) is 0 Å². The van der Waals surface area contributed by atoms with Crippen LogP contribution < -0.4 is 9.47 Å². The fraction of sp³-hybridized carbons (Fsp3) is 0.211. The van der Waals surface area contributed by atoms with Crippen molar-refractivity contribution in [1.29, 1.82) is 0 Å². The average Bonchev–Trinajstić information content (AvgIpc) is 3.28. The van der Waals surface area contributed by atoms with Crippen LogP contribution in [0.1, 0.15) is 21.9 Å². The molecule has 8 nitrogen and oxygen atoms in total. The Morgan fingerprint density at radius 3 is 2.61 bits per heavy atom. The lowest BCUT2D eigenvalue weighted by Crippen LogP contribution is -2.27. The summed E-state index contributed by atoms with van der Waals surface area (Å²) >= 11 is 0.815. The van der Waals surface area contributed by atoms with Crippen LogP contribution in [0, 0.1) is 0 Å². The van der Waals surface area contributed by atoms with E-state index in [0.29, 0.717) is 22.8 Å². The highest BCUT2D eigenvalue weighted by Crippen LogP contribution is 2.36. The Morgan fingerprint density at radius 2 is 1.93 bits per heavy atom. The molecule has 0 bridgehead atoms. The van der Waals surface area contributed by atoms with Gasteiger partial charge in [0, 0.05) is 5.56 Å². The van der Waals surface area contributed by atoms with E-state index in [9.17, 15) is 14.4 Å².